The first kappa shape index (κ1) is 16.7. The molecule has 0 saturated carbocycles. The molecule has 0 unspecified atom stereocenters. The first-order chi connectivity index (χ1) is 12.1. The third-order valence-electron chi connectivity index (χ3n) is 3.99. The van der Waals surface area contributed by atoms with E-state index in [0.29, 0.717) is 11.3 Å². The second kappa shape index (κ2) is 7.16. The van der Waals surface area contributed by atoms with Crippen LogP contribution < -0.4 is 11.1 Å². The molecular formula is C17H18N4O4. The maximum absolute atomic E-state index is 12.3. The minimum atomic E-state index is -0.639. The Morgan fingerprint density at radius 1 is 1.20 bits per heavy atom. The van der Waals surface area contributed by atoms with Crippen molar-refractivity contribution in [3.8, 4) is 11.4 Å². The zero-order chi connectivity index (χ0) is 17.8. The highest BCUT2D eigenvalue weighted by Gasteiger charge is 2.18. The summed E-state index contributed by atoms with van der Waals surface area (Å²) in [6, 6.07) is 8.53. The Morgan fingerprint density at radius 2 is 2.00 bits per heavy atom. The van der Waals surface area contributed by atoms with Crippen LogP contribution in [0.4, 0.5) is 5.69 Å². The van der Waals surface area contributed by atoms with Crippen molar-refractivity contribution in [3.05, 3.63) is 52.3 Å². The number of anilines is 1. The number of benzene rings is 1. The minimum Gasteiger partial charge on any atom is -0.351 e. The van der Waals surface area contributed by atoms with Crippen molar-refractivity contribution < 1.29 is 13.8 Å². The van der Waals surface area contributed by atoms with Crippen molar-refractivity contribution in [2.75, 3.05) is 5.32 Å². The Bertz CT molecular complexity index is 920. The molecule has 0 radical (unpaired) electrons. The smallest absolute Gasteiger partial charge is 0.351 e. The molecular weight excluding hydrogens is 324 g/mol. The second-order valence-electron chi connectivity index (χ2n) is 5.61. The fourth-order valence-corrected chi connectivity index (χ4v) is 2.59. The fourth-order valence-electron chi connectivity index (χ4n) is 2.59. The van der Waals surface area contributed by atoms with Gasteiger partial charge in [0.05, 0.1) is 5.69 Å². The quantitative estimate of drug-likeness (QED) is 0.711. The number of aromatic amines is 1. The third kappa shape index (κ3) is 3.68. The number of hydrogen-bond donors (Lipinski definition) is 2. The average Bonchev–Trinajstić information content (AvgIpc) is 3.26. The number of carbonyl (C=O) groups is 1. The summed E-state index contributed by atoms with van der Waals surface area (Å²) in [6.45, 7) is 4.14. The SMILES string of the molecule is CCC(CC)c1cc(C(=O)Nc2cccc(-c3noc(=O)[nH]3)c2)on1. The maximum atomic E-state index is 12.3. The van der Waals surface area contributed by atoms with Gasteiger partial charge < -0.3 is 9.84 Å². The Hall–Kier alpha value is -3.16. The van der Waals surface area contributed by atoms with Gasteiger partial charge in [-0.05, 0) is 25.0 Å². The highest BCUT2D eigenvalue weighted by Crippen LogP contribution is 2.23. The molecule has 1 amide bonds. The number of rotatable bonds is 6. The summed E-state index contributed by atoms with van der Waals surface area (Å²) >= 11 is 0. The van der Waals surface area contributed by atoms with E-state index in [1.165, 1.54) is 0 Å². The third-order valence-corrected chi connectivity index (χ3v) is 3.99. The summed E-state index contributed by atoms with van der Waals surface area (Å²) in [7, 11) is 0. The summed E-state index contributed by atoms with van der Waals surface area (Å²) in [5.74, 6) is -0.313. The first-order valence-electron chi connectivity index (χ1n) is 8.05. The van der Waals surface area contributed by atoms with Crippen LogP contribution in [0.15, 0.2) is 44.2 Å². The van der Waals surface area contributed by atoms with E-state index in [1.807, 2.05) is 0 Å². The van der Waals surface area contributed by atoms with E-state index in [1.54, 1.807) is 30.3 Å². The molecule has 2 N–H and O–H groups in total. The molecule has 0 aliphatic heterocycles. The maximum Gasteiger partial charge on any atom is 0.439 e. The number of carbonyl (C=O) groups excluding carboxylic acids is 1. The molecule has 25 heavy (non-hydrogen) atoms. The van der Waals surface area contributed by atoms with Crippen molar-refractivity contribution in [3.63, 3.8) is 0 Å². The highest BCUT2D eigenvalue weighted by atomic mass is 16.5. The van der Waals surface area contributed by atoms with Crippen LogP contribution in [0.2, 0.25) is 0 Å². The van der Waals surface area contributed by atoms with Crippen LogP contribution in [0.5, 0.6) is 0 Å². The number of H-pyrrole nitrogens is 1. The summed E-state index contributed by atoms with van der Waals surface area (Å²) in [6.07, 6.45) is 1.87. The Balaban J connectivity index is 1.76. The molecule has 2 aromatic heterocycles. The van der Waals surface area contributed by atoms with Crippen LogP contribution in [-0.4, -0.2) is 21.2 Å². The van der Waals surface area contributed by atoms with Crippen molar-refractivity contribution in [2.45, 2.75) is 32.6 Å². The van der Waals surface area contributed by atoms with E-state index < -0.39 is 11.7 Å². The molecule has 0 spiro atoms. The average molecular weight is 342 g/mol. The van der Waals surface area contributed by atoms with Gasteiger partial charge in [0, 0.05) is 23.2 Å². The lowest BCUT2D eigenvalue weighted by molar-refractivity contribution is 0.0988. The van der Waals surface area contributed by atoms with Crippen molar-refractivity contribution in [1.82, 2.24) is 15.3 Å². The molecule has 0 saturated heterocycles. The summed E-state index contributed by atoms with van der Waals surface area (Å²) < 4.78 is 9.65. The van der Waals surface area contributed by atoms with Crippen molar-refractivity contribution in [1.29, 1.82) is 0 Å². The summed E-state index contributed by atoms with van der Waals surface area (Å²) in [4.78, 5) is 25.8. The molecule has 2 heterocycles. The number of nitrogens with one attached hydrogen (secondary N) is 2. The Morgan fingerprint density at radius 3 is 2.68 bits per heavy atom. The number of aromatic nitrogens is 3. The van der Waals surface area contributed by atoms with E-state index in [0.717, 1.165) is 18.5 Å². The van der Waals surface area contributed by atoms with Crippen LogP contribution >= 0.6 is 0 Å². The van der Waals surface area contributed by atoms with Gasteiger partial charge >= 0.3 is 5.76 Å². The zero-order valence-electron chi connectivity index (χ0n) is 13.9. The van der Waals surface area contributed by atoms with Gasteiger partial charge in [-0.3, -0.25) is 14.3 Å². The monoisotopic (exact) mass is 342 g/mol. The van der Waals surface area contributed by atoms with Gasteiger partial charge in [-0.15, -0.1) is 0 Å². The molecule has 3 rings (SSSR count). The second-order valence-corrected chi connectivity index (χ2v) is 5.61. The van der Waals surface area contributed by atoms with Crippen LogP contribution in [0.3, 0.4) is 0 Å². The highest BCUT2D eigenvalue weighted by molar-refractivity contribution is 6.02. The standard InChI is InChI=1S/C17H18N4O4/c1-3-10(4-2)13-9-14(24-20-13)16(22)18-12-7-5-6-11(8-12)15-19-17(23)25-21-15/h5-10H,3-4H2,1-2H3,(H,18,22)(H,19,21,23). The molecule has 0 aliphatic rings. The lowest BCUT2D eigenvalue weighted by atomic mass is 9.99. The molecule has 1 aromatic carbocycles. The molecule has 3 aromatic rings. The van der Waals surface area contributed by atoms with E-state index in [-0.39, 0.29) is 17.5 Å². The molecule has 8 nitrogen and oxygen atoms in total. The van der Waals surface area contributed by atoms with E-state index in [9.17, 15) is 9.59 Å². The molecule has 8 heteroatoms. The largest absolute Gasteiger partial charge is 0.439 e. The minimum absolute atomic E-state index is 0.155. The predicted octanol–water partition coefficient (Wildman–Crippen LogP) is 3.17. The van der Waals surface area contributed by atoms with Gasteiger partial charge in [0.2, 0.25) is 5.76 Å². The van der Waals surface area contributed by atoms with Gasteiger partial charge in [0.15, 0.2) is 5.82 Å². The number of amides is 1. The lowest BCUT2D eigenvalue weighted by Gasteiger charge is -2.06. The fraction of sp³-hybridized carbons (Fsp3) is 0.294. The normalized spacial score (nSPS) is 11.0. The van der Waals surface area contributed by atoms with Gasteiger partial charge in [0.25, 0.3) is 5.91 Å². The Kier molecular flexibility index (Phi) is 4.78. The van der Waals surface area contributed by atoms with Crippen LogP contribution in [0.1, 0.15) is 48.9 Å². The van der Waals surface area contributed by atoms with Gasteiger partial charge in [0.1, 0.15) is 0 Å². The summed E-state index contributed by atoms with van der Waals surface area (Å²) in [5, 5.41) is 10.4. The Labute approximate surface area is 143 Å². The van der Waals surface area contributed by atoms with E-state index in [2.05, 4.69) is 39.0 Å². The molecule has 0 atom stereocenters. The predicted molar refractivity (Wildman–Crippen MR) is 90.3 cm³/mol. The van der Waals surface area contributed by atoms with E-state index >= 15 is 0 Å². The molecule has 0 fully saturated rings. The van der Waals surface area contributed by atoms with Gasteiger partial charge in [-0.2, -0.15) is 0 Å². The van der Waals surface area contributed by atoms with Crippen LogP contribution in [0, 0.1) is 0 Å². The lowest BCUT2D eigenvalue weighted by Crippen LogP contribution is -2.11. The molecule has 0 aliphatic carbocycles. The van der Waals surface area contributed by atoms with Gasteiger partial charge in [-0.25, -0.2) is 4.79 Å². The van der Waals surface area contributed by atoms with Gasteiger partial charge in [-0.1, -0.05) is 36.3 Å². The van der Waals surface area contributed by atoms with Crippen LogP contribution in [0.25, 0.3) is 11.4 Å². The van der Waals surface area contributed by atoms with Crippen molar-refractivity contribution in [2.24, 2.45) is 0 Å². The van der Waals surface area contributed by atoms with E-state index in [4.69, 9.17) is 4.52 Å². The number of hydrogen-bond acceptors (Lipinski definition) is 6. The molecule has 130 valence electrons. The van der Waals surface area contributed by atoms with Crippen LogP contribution in [-0.2, 0) is 0 Å². The molecule has 0 bridgehead atoms. The topological polar surface area (TPSA) is 114 Å². The first-order valence-corrected chi connectivity index (χ1v) is 8.05. The zero-order valence-corrected chi connectivity index (χ0v) is 13.9. The number of nitrogens with zero attached hydrogens (tertiary/aromatic N) is 2. The van der Waals surface area contributed by atoms with Crippen molar-refractivity contribution >= 4 is 11.6 Å². The summed E-state index contributed by atoms with van der Waals surface area (Å²) in [5.41, 5.74) is 1.93.